The molecule has 2 aromatic heterocycles. The number of sulfonamides is 1. The lowest BCUT2D eigenvalue weighted by atomic mass is 9.98. The van der Waals surface area contributed by atoms with E-state index in [1.165, 1.54) is 22.5 Å². The number of nitrogens with zero attached hydrogens (tertiary/aromatic N) is 2. The number of nitrogens with one attached hydrogen (secondary N) is 1. The molecule has 0 aliphatic carbocycles. The Morgan fingerprint density at radius 1 is 1.11 bits per heavy atom. The van der Waals surface area contributed by atoms with E-state index in [1.54, 1.807) is 17.5 Å². The molecule has 1 atom stereocenters. The number of aromatic nitrogens is 1. The van der Waals surface area contributed by atoms with E-state index >= 15 is 0 Å². The number of aryl methyl sites for hydroxylation is 1. The fourth-order valence-corrected chi connectivity index (χ4v) is 5.78. The number of benzene rings is 1. The molecule has 3 aromatic rings. The zero-order chi connectivity index (χ0) is 18.9. The molecule has 1 aliphatic heterocycles. The summed E-state index contributed by atoms with van der Waals surface area (Å²) in [5.74, 6) is 0. The van der Waals surface area contributed by atoms with Crippen molar-refractivity contribution in [2.45, 2.75) is 23.2 Å². The third kappa shape index (κ3) is 3.87. The Kier molecular flexibility index (Phi) is 5.19. The highest BCUT2D eigenvalue weighted by molar-refractivity contribution is 7.91. The van der Waals surface area contributed by atoms with Crippen molar-refractivity contribution in [2.75, 3.05) is 13.1 Å². The van der Waals surface area contributed by atoms with Gasteiger partial charge >= 0.3 is 0 Å². The van der Waals surface area contributed by atoms with E-state index < -0.39 is 10.0 Å². The van der Waals surface area contributed by atoms with Gasteiger partial charge in [-0.25, -0.2) is 13.1 Å². The number of hydrogen-bond acceptors (Lipinski definition) is 4. The van der Waals surface area contributed by atoms with Crippen molar-refractivity contribution < 1.29 is 8.42 Å². The third-order valence-electron chi connectivity index (χ3n) is 5.15. The number of hydrogen-bond donors (Lipinski definition) is 1. The molecule has 1 aromatic carbocycles. The van der Waals surface area contributed by atoms with Gasteiger partial charge in [0.2, 0.25) is 10.0 Å². The Morgan fingerprint density at radius 2 is 1.93 bits per heavy atom. The second kappa shape index (κ2) is 7.59. The van der Waals surface area contributed by atoms with Gasteiger partial charge in [-0.05, 0) is 41.1 Å². The average molecular weight is 402 g/mol. The quantitative estimate of drug-likeness (QED) is 0.690. The molecule has 0 bridgehead atoms. The van der Waals surface area contributed by atoms with Gasteiger partial charge < -0.3 is 4.57 Å². The van der Waals surface area contributed by atoms with E-state index in [9.17, 15) is 8.42 Å². The van der Waals surface area contributed by atoms with Gasteiger partial charge in [0.1, 0.15) is 4.21 Å². The molecule has 1 unspecified atom stereocenters. The highest BCUT2D eigenvalue weighted by Gasteiger charge is 2.28. The monoisotopic (exact) mass is 401 g/mol. The Hall–Kier alpha value is -1.93. The predicted molar refractivity (Wildman–Crippen MR) is 108 cm³/mol. The minimum atomic E-state index is -3.48. The highest BCUT2D eigenvalue weighted by Crippen LogP contribution is 2.28. The summed E-state index contributed by atoms with van der Waals surface area (Å²) in [7, 11) is -1.47. The van der Waals surface area contributed by atoms with E-state index in [4.69, 9.17) is 0 Å². The molecule has 142 valence electrons. The summed E-state index contributed by atoms with van der Waals surface area (Å²) in [4.78, 5) is 2.37. The normalized spacial score (nSPS) is 16.2. The second-order valence-corrected chi connectivity index (χ2v) is 9.77. The summed E-state index contributed by atoms with van der Waals surface area (Å²) in [5.41, 5.74) is 3.82. The van der Waals surface area contributed by atoms with Gasteiger partial charge in [-0.1, -0.05) is 30.3 Å². The molecule has 1 N–H and O–H groups in total. The fourth-order valence-electron chi connectivity index (χ4n) is 3.70. The lowest BCUT2D eigenvalue weighted by Crippen LogP contribution is -2.41. The highest BCUT2D eigenvalue weighted by atomic mass is 32.2. The molecule has 1 aliphatic rings. The summed E-state index contributed by atoms with van der Waals surface area (Å²) in [6.07, 6.45) is 2.99. The molecule has 0 saturated heterocycles. The van der Waals surface area contributed by atoms with Crippen LogP contribution in [0.5, 0.6) is 0 Å². The molecule has 0 saturated carbocycles. The largest absolute Gasteiger partial charge is 0.353 e. The van der Waals surface area contributed by atoms with Crippen molar-refractivity contribution in [3.05, 3.63) is 76.9 Å². The van der Waals surface area contributed by atoms with Gasteiger partial charge in [-0.15, -0.1) is 11.3 Å². The molecule has 5 nitrogen and oxygen atoms in total. The summed E-state index contributed by atoms with van der Waals surface area (Å²) in [6.45, 7) is 2.08. The summed E-state index contributed by atoms with van der Waals surface area (Å²) >= 11 is 1.24. The maximum atomic E-state index is 12.6. The first-order chi connectivity index (χ1) is 13.0. The molecule has 4 rings (SSSR count). The summed E-state index contributed by atoms with van der Waals surface area (Å²) in [6, 6.07) is 16.0. The molecule has 3 heterocycles. The minimum Gasteiger partial charge on any atom is -0.353 e. The van der Waals surface area contributed by atoms with Crippen LogP contribution in [0.1, 0.15) is 22.9 Å². The van der Waals surface area contributed by atoms with Crippen LogP contribution in [0.15, 0.2) is 64.3 Å². The van der Waals surface area contributed by atoms with Crippen molar-refractivity contribution in [3.63, 3.8) is 0 Å². The SMILES string of the molecule is Cn1cccc1C(CNS(=O)(=O)c1cccs1)N1CCc2ccccc2C1. The Morgan fingerprint density at radius 3 is 2.63 bits per heavy atom. The van der Waals surface area contributed by atoms with Crippen molar-refractivity contribution in [2.24, 2.45) is 7.05 Å². The zero-order valence-electron chi connectivity index (χ0n) is 15.2. The molecule has 0 spiro atoms. The van der Waals surface area contributed by atoms with Gasteiger partial charge in [0.15, 0.2) is 0 Å². The van der Waals surface area contributed by atoms with Crippen LogP contribution in [0.2, 0.25) is 0 Å². The van der Waals surface area contributed by atoms with Crippen LogP contribution in [0.3, 0.4) is 0 Å². The van der Waals surface area contributed by atoms with Crippen LogP contribution in [-0.4, -0.2) is 31.0 Å². The third-order valence-corrected chi connectivity index (χ3v) is 7.97. The molecule has 0 amide bonds. The van der Waals surface area contributed by atoms with E-state index in [0.717, 1.165) is 25.2 Å². The van der Waals surface area contributed by atoms with Crippen LogP contribution in [0, 0.1) is 0 Å². The lowest BCUT2D eigenvalue weighted by Gasteiger charge is -2.36. The van der Waals surface area contributed by atoms with Gasteiger partial charge in [-0.2, -0.15) is 0 Å². The van der Waals surface area contributed by atoms with Crippen LogP contribution in [0.25, 0.3) is 0 Å². The Bertz CT molecular complexity index is 1010. The lowest BCUT2D eigenvalue weighted by molar-refractivity contribution is 0.174. The zero-order valence-corrected chi connectivity index (χ0v) is 16.8. The summed E-state index contributed by atoms with van der Waals surface area (Å²) in [5, 5.41) is 1.78. The van der Waals surface area contributed by atoms with Crippen molar-refractivity contribution >= 4 is 21.4 Å². The maximum absolute atomic E-state index is 12.6. The van der Waals surface area contributed by atoms with Crippen LogP contribution < -0.4 is 4.72 Å². The van der Waals surface area contributed by atoms with Crippen LogP contribution >= 0.6 is 11.3 Å². The molecular formula is C20H23N3O2S2. The molecular weight excluding hydrogens is 378 g/mol. The fraction of sp³-hybridized carbons (Fsp3) is 0.300. The Balaban J connectivity index is 1.58. The standard InChI is InChI=1S/C20H23N3O2S2/c1-22-11-4-8-18(22)19(14-21-27(24,25)20-9-5-13-26-20)23-12-10-16-6-2-3-7-17(16)15-23/h2-9,11,13,19,21H,10,12,14-15H2,1H3. The van der Waals surface area contributed by atoms with Crippen molar-refractivity contribution in [3.8, 4) is 0 Å². The first-order valence-corrected chi connectivity index (χ1v) is 11.4. The second-order valence-electron chi connectivity index (χ2n) is 6.83. The van der Waals surface area contributed by atoms with E-state index in [0.29, 0.717) is 10.8 Å². The first-order valence-electron chi connectivity index (χ1n) is 9.00. The smallest absolute Gasteiger partial charge is 0.250 e. The van der Waals surface area contributed by atoms with Crippen LogP contribution in [-0.2, 0) is 30.0 Å². The van der Waals surface area contributed by atoms with E-state index in [2.05, 4.69) is 44.5 Å². The predicted octanol–water partition coefficient (Wildman–Crippen LogP) is 3.16. The maximum Gasteiger partial charge on any atom is 0.250 e. The minimum absolute atomic E-state index is 0.0203. The first kappa shape index (κ1) is 18.4. The van der Waals surface area contributed by atoms with Crippen LogP contribution in [0.4, 0.5) is 0 Å². The van der Waals surface area contributed by atoms with Gasteiger partial charge in [0.05, 0.1) is 6.04 Å². The molecule has 0 radical (unpaired) electrons. The topological polar surface area (TPSA) is 54.3 Å². The van der Waals surface area contributed by atoms with Gasteiger partial charge in [0, 0.05) is 38.6 Å². The Labute approximate surface area is 164 Å². The van der Waals surface area contributed by atoms with Crippen molar-refractivity contribution in [1.29, 1.82) is 0 Å². The average Bonchev–Trinajstić information content (AvgIpc) is 3.35. The molecule has 7 heteroatoms. The van der Waals surface area contributed by atoms with E-state index in [-0.39, 0.29) is 6.04 Å². The van der Waals surface area contributed by atoms with Crippen molar-refractivity contribution in [1.82, 2.24) is 14.2 Å². The van der Waals surface area contributed by atoms with Gasteiger partial charge in [0.25, 0.3) is 0 Å². The number of thiophene rings is 1. The van der Waals surface area contributed by atoms with E-state index in [1.807, 2.05) is 19.3 Å². The number of rotatable bonds is 6. The summed E-state index contributed by atoms with van der Waals surface area (Å²) < 4.78 is 30.5. The van der Waals surface area contributed by atoms with Gasteiger partial charge in [-0.3, -0.25) is 4.90 Å². The molecule has 27 heavy (non-hydrogen) atoms. The molecule has 0 fully saturated rings. The number of fused-ring (bicyclic) bond motifs is 1.